The van der Waals surface area contributed by atoms with E-state index in [1.54, 1.807) is 24.4 Å². The van der Waals surface area contributed by atoms with E-state index in [1.165, 1.54) is 10.6 Å². The van der Waals surface area contributed by atoms with Crippen LogP contribution in [0.5, 0.6) is 0 Å². The minimum Gasteiger partial charge on any atom is -0.359 e. The Morgan fingerprint density at radius 3 is 2.59 bits per heavy atom. The van der Waals surface area contributed by atoms with Crippen molar-refractivity contribution >= 4 is 20.8 Å². The molecule has 0 saturated heterocycles. The van der Waals surface area contributed by atoms with Crippen LogP contribution >= 0.6 is 0 Å². The van der Waals surface area contributed by atoms with Crippen molar-refractivity contribution < 1.29 is 12.9 Å². The lowest BCUT2D eigenvalue weighted by atomic mass is 10.1. The van der Waals surface area contributed by atoms with Gasteiger partial charge in [-0.05, 0) is 56.7 Å². The highest BCUT2D eigenvalue weighted by atomic mass is 32.2. The second-order valence-electron chi connectivity index (χ2n) is 7.55. The van der Waals surface area contributed by atoms with Gasteiger partial charge in [0, 0.05) is 23.2 Å². The normalized spacial score (nSPS) is 16.0. The molecular weight excluding hydrogens is 366 g/mol. The zero-order valence-electron chi connectivity index (χ0n) is 15.4. The van der Waals surface area contributed by atoms with Gasteiger partial charge in [0.25, 0.3) is 5.56 Å². The predicted octanol–water partition coefficient (Wildman–Crippen LogP) is 2.49. The van der Waals surface area contributed by atoms with Crippen LogP contribution in [0, 0.1) is 13.8 Å². The molecule has 0 atom stereocenters. The molecule has 0 bridgehead atoms. The number of sulfonamides is 1. The van der Waals surface area contributed by atoms with E-state index in [4.69, 9.17) is 4.52 Å². The van der Waals surface area contributed by atoms with Crippen LogP contribution in [-0.4, -0.2) is 23.7 Å². The number of benzene rings is 1. The average molecular weight is 387 g/mol. The van der Waals surface area contributed by atoms with Crippen LogP contribution in [0.3, 0.4) is 0 Å². The lowest BCUT2D eigenvalue weighted by Gasteiger charge is -2.14. The van der Waals surface area contributed by atoms with Gasteiger partial charge in [-0.2, -0.15) is 0 Å². The molecule has 1 fully saturated rings. The van der Waals surface area contributed by atoms with E-state index in [0.29, 0.717) is 11.1 Å². The minimum atomic E-state index is -3.67. The molecule has 1 N–H and O–H groups in total. The second kappa shape index (κ2) is 6.03. The number of hydrogen-bond acceptors (Lipinski definition) is 5. The molecule has 0 radical (unpaired) electrons. The van der Waals surface area contributed by atoms with Crippen molar-refractivity contribution in [2.45, 2.75) is 50.6 Å². The first kappa shape index (κ1) is 17.9. The van der Waals surface area contributed by atoms with Crippen LogP contribution < -0.4 is 10.3 Å². The zero-order valence-corrected chi connectivity index (χ0v) is 16.3. The third-order valence-corrected chi connectivity index (χ3v) is 6.59. The summed E-state index contributed by atoms with van der Waals surface area (Å²) in [7, 11) is -3.67. The molecule has 142 valence electrons. The molecule has 2 heterocycles. The molecule has 0 unspecified atom stereocenters. The summed E-state index contributed by atoms with van der Waals surface area (Å²) in [6, 6.07) is 6.47. The van der Waals surface area contributed by atoms with E-state index in [9.17, 15) is 13.2 Å². The van der Waals surface area contributed by atoms with E-state index in [2.05, 4.69) is 9.88 Å². The highest BCUT2D eigenvalue weighted by Crippen LogP contribution is 2.36. The largest absolute Gasteiger partial charge is 0.359 e. The van der Waals surface area contributed by atoms with E-state index in [0.717, 1.165) is 29.5 Å². The number of rotatable bonds is 5. The molecule has 1 aromatic carbocycles. The van der Waals surface area contributed by atoms with Crippen LogP contribution in [0.15, 0.2) is 44.7 Å². The van der Waals surface area contributed by atoms with Gasteiger partial charge in [0.05, 0.1) is 17.1 Å². The first-order valence-corrected chi connectivity index (χ1v) is 10.3. The topological polar surface area (TPSA) is 94.2 Å². The van der Waals surface area contributed by atoms with Gasteiger partial charge in [-0.25, -0.2) is 13.1 Å². The fourth-order valence-corrected chi connectivity index (χ4v) is 4.67. The number of aromatic nitrogens is 2. The maximum absolute atomic E-state index is 13.0. The Morgan fingerprint density at radius 1 is 1.22 bits per heavy atom. The third-order valence-electron chi connectivity index (χ3n) is 4.95. The number of fused-ring (bicyclic) bond motifs is 1. The van der Waals surface area contributed by atoms with Gasteiger partial charge in [0.1, 0.15) is 0 Å². The second-order valence-corrected chi connectivity index (χ2v) is 9.24. The first-order valence-electron chi connectivity index (χ1n) is 8.77. The minimum absolute atomic E-state index is 0.105. The molecule has 3 aromatic rings. The van der Waals surface area contributed by atoms with Crippen LogP contribution in [0.4, 0.5) is 0 Å². The molecule has 1 aliphatic rings. The van der Waals surface area contributed by atoms with Crippen molar-refractivity contribution in [2.75, 3.05) is 0 Å². The van der Waals surface area contributed by atoms with Crippen molar-refractivity contribution in [3.8, 4) is 0 Å². The van der Waals surface area contributed by atoms with Gasteiger partial charge >= 0.3 is 0 Å². The van der Waals surface area contributed by atoms with Crippen molar-refractivity contribution in [2.24, 2.45) is 0 Å². The monoisotopic (exact) mass is 387 g/mol. The third kappa shape index (κ3) is 3.42. The molecule has 2 aromatic heterocycles. The summed E-state index contributed by atoms with van der Waals surface area (Å²) in [5.74, 6) is 0.570. The number of nitrogens with one attached hydrogen (secondary N) is 1. The Bertz CT molecular complexity index is 1200. The van der Waals surface area contributed by atoms with Crippen molar-refractivity contribution in [1.82, 2.24) is 14.4 Å². The summed E-state index contributed by atoms with van der Waals surface area (Å²) in [5.41, 5.74) is 0.986. The summed E-state index contributed by atoms with van der Waals surface area (Å²) in [4.78, 5) is 13.1. The van der Waals surface area contributed by atoms with Crippen LogP contribution in [0.1, 0.15) is 36.8 Å². The van der Waals surface area contributed by atoms with Gasteiger partial charge < -0.3 is 9.09 Å². The summed E-state index contributed by atoms with van der Waals surface area (Å²) in [5, 5.41) is 4.94. The smallest absolute Gasteiger partial charge is 0.258 e. The Balaban J connectivity index is 1.80. The maximum atomic E-state index is 13.0. The van der Waals surface area contributed by atoms with E-state index < -0.39 is 10.0 Å². The Labute approximate surface area is 157 Å². The highest BCUT2D eigenvalue weighted by molar-refractivity contribution is 7.89. The van der Waals surface area contributed by atoms with E-state index >= 15 is 0 Å². The number of aryl methyl sites for hydroxylation is 2. The predicted molar refractivity (Wildman–Crippen MR) is 101 cm³/mol. The summed E-state index contributed by atoms with van der Waals surface area (Å²) in [6.45, 7) is 5.82. The molecule has 0 spiro atoms. The van der Waals surface area contributed by atoms with Gasteiger partial charge in [-0.3, -0.25) is 4.79 Å². The SMILES string of the molecule is Cc1cc(Cn2cc(C)c3ccc(S(=O)(=O)NC4(C)CC4)cc3c2=O)on1. The Morgan fingerprint density at radius 2 is 1.96 bits per heavy atom. The van der Waals surface area contributed by atoms with Crippen LogP contribution in [0.25, 0.3) is 10.8 Å². The molecule has 0 amide bonds. The van der Waals surface area contributed by atoms with Crippen molar-refractivity contribution in [1.29, 1.82) is 0 Å². The molecule has 1 saturated carbocycles. The van der Waals surface area contributed by atoms with Crippen molar-refractivity contribution in [3.05, 3.63) is 57.8 Å². The molecule has 1 aliphatic carbocycles. The van der Waals surface area contributed by atoms with Gasteiger partial charge in [0.2, 0.25) is 10.0 Å². The van der Waals surface area contributed by atoms with Crippen LogP contribution in [-0.2, 0) is 16.6 Å². The molecular formula is C19H21N3O4S. The Hall–Kier alpha value is -2.45. The molecule has 27 heavy (non-hydrogen) atoms. The maximum Gasteiger partial charge on any atom is 0.258 e. The summed E-state index contributed by atoms with van der Waals surface area (Å²) >= 11 is 0. The fourth-order valence-electron chi connectivity index (χ4n) is 3.18. The number of nitrogens with zero attached hydrogens (tertiary/aromatic N) is 2. The van der Waals surface area contributed by atoms with E-state index in [1.807, 2.05) is 20.8 Å². The fraction of sp³-hybridized carbons (Fsp3) is 0.368. The first-order chi connectivity index (χ1) is 12.7. The van der Waals surface area contributed by atoms with Crippen molar-refractivity contribution in [3.63, 3.8) is 0 Å². The number of pyridine rings is 1. The molecule has 7 nitrogen and oxygen atoms in total. The van der Waals surface area contributed by atoms with Crippen LogP contribution in [0.2, 0.25) is 0 Å². The standard InChI is InChI=1S/C19H21N3O4S/c1-12-10-22(11-14-8-13(2)20-26-14)18(23)17-9-15(4-5-16(12)17)27(24,25)21-19(3)6-7-19/h4-5,8-10,21H,6-7,11H2,1-3H3. The highest BCUT2D eigenvalue weighted by Gasteiger charge is 2.41. The van der Waals surface area contributed by atoms with E-state index in [-0.39, 0.29) is 22.5 Å². The lowest BCUT2D eigenvalue weighted by Crippen LogP contribution is -2.34. The number of hydrogen-bond donors (Lipinski definition) is 1. The Kier molecular flexibility index (Phi) is 4.01. The lowest BCUT2D eigenvalue weighted by molar-refractivity contribution is 0.372. The summed E-state index contributed by atoms with van der Waals surface area (Å²) < 4.78 is 34.8. The molecule has 4 rings (SSSR count). The molecule has 8 heteroatoms. The summed E-state index contributed by atoms with van der Waals surface area (Å²) in [6.07, 6.45) is 3.39. The molecule has 0 aliphatic heterocycles. The van der Waals surface area contributed by atoms with Gasteiger partial charge in [-0.1, -0.05) is 11.2 Å². The van der Waals surface area contributed by atoms with Gasteiger partial charge in [-0.15, -0.1) is 0 Å². The average Bonchev–Trinajstić information content (AvgIpc) is 3.17. The quantitative estimate of drug-likeness (QED) is 0.726. The zero-order chi connectivity index (χ0) is 19.4. The van der Waals surface area contributed by atoms with Gasteiger partial charge in [0.15, 0.2) is 5.76 Å².